The summed E-state index contributed by atoms with van der Waals surface area (Å²) in [5.74, 6) is 0.161. The van der Waals surface area contributed by atoms with Gasteiger partial charge in [0, 0.05) is 5.56 Å². The van der Waals surface area contributed by atoms with Crippen LogP contribution in [0.2, 0.25) is 10.0 Å². The Morgan fingerprint density at radius 1 is 1.18 bits per heavy atom. The molecule has 17 heavy (non-hydrogen) atoms. The first-order valence-corrected chi connectivity index (χ1v) is 5.51. The van der Waals surface area contributed by atoms with Gasteiger partial charge in [0.25, 0.3) is 0 Å². The molecule has 0 N–H and O–H groups in total. The van der Waals surface area contributed by atoms with Gasteiger partial charge in [0.15, 0.2) is 0 Å². The SMILES string of the molecule is COC(=O)c1ccc(-c2ccc(Cl)c(Cl)c2)o1. The van der Waals surface area contributed by atoms with E-state index in [2.05, 4.69) is 4.74 Å². The second-order valence-electron chi connectivity index (χ2n) is 3.28. The van der Waals surface area contributed by atoms with Crippen LogP contribution in [0.15, 0.2) is 34.7 Å². The van der Waals surface area contributed by atoms with Crippen LogP contribution in [-0.2, 0) is 4.74 Å². The van der Waals surface area contributed by atoms with Gasteiger partial charge in [-0.2, -0.15) is 0 Å². The van der Waals surface area contributed by atoms with Crippen molar-refractivity contribution in [3.8, 4) is 11.3 Å². The number of esters is 1. The van der Waals surface area contributed by atoms with Crippen LogP contribution in [0.25, 0.3) is 11.3 Å². The number of benzene rings is 1. The molecular weight excluding hydrogens is 263 g/mol. The summed E-state index contributed by atoms with van der Waals surface area (Å²) in [7, 11) is 1.30. The lowest BCUT2D eigenvalue weighted by atomic mass is 10.2. The maximum absolute atomic E-state index is 11.2. The summed E-state index contributed by atoms with van der Waals surface area (Å²) in [6.07, 6.45) is 0. The van der Waals surface area contributed by atoms with Gasteiger partial charge in [0.1, 0.15) is 5.76 Å². The number of ether oxygens (including phenoxy) is 1. The van der Waals surface area contributed by atoms with Crippen molar-refractivity contribution in [1.29, 1.82) is 0 Å². The van der Waals surface area contributed by atoms with Gasteiger partial charge in [-0.1, -0.05) is 23.2 Å². The van der Waals surface area contributed by atoms with Crippen molar-refractivity contribution in [1.82, 2.24) is 0 Å². The van der Waals surface area contributed by atoms with Gasteiger partial charge in [-0.25, -0.2) is 4.79 Å². The lowest BCUT2D eigenvalue weighted by Gasteiger charge is -1.99. The summed E-state index contributed by atoms with van der Waals surface area (Å²) < 4.78 is 9.89. The maximum Gasteiger partial charge on any atom is 0.373 e. The van der Waals surface area contributed by atoms with Gasteiger partial charge in [-0.3, -0.25) is 0 Å². The average Bonchev–Trinajstić information content (AvgIpc) is 2.81. The molecule has 0 aliphatic rings. The molecule has 0 amide bonds. The Kier molecular flexibility index (Phi) is 3.41. The van der Waals surface area contributed by atoms with Crippen LogP contribution < -0.4 is 0 Å². The standard InChI is InChI=1S/C12H8Cl2O3/c1-16-12(15)11-5-4-10(17-11)7-2-3-8(13)9(14)6-7/h2-6H,1H3. The van der Waals surface area contributed by atoms with Crippen molar-refractivity contribution >= 4 is 29.2 Å². The molecule has 0 atom stereocenters. The Morgan fingerprint density at radius 2 is 1.94 bits per heavy atom. The molecule has 0 fully saturated rings. The van der Waals surface area contributed by atoms with E-state index in [4.69, 9.17) is 27.6 Å². The molecule has 1 aromatic heterocycles. The van der Waals surface area contributed by atoms with E-state index in [0.717, 1.165) is 5.56 Å². The molecule has 5 heteroatoms. The maximum atomic E-state index is 11.2. The molecule has 2 aromatic rings. The van der Waals surface area contributed by atoms with Crippen LogP contribution in [-0.4, -0.2) is 13.1 Å². The molecule has 0 spiro atoms. The van der Waals surface area contributed by atoms with E-state index in [1.54, 1.807) is 30.3 Å². The molecule has 0 aliphatic heterocycles. The Morgan fingerprint density at radius 3 is 2.59 bits per heavy atom. The van der Waals surface area contributed by atoms with E-state index in [1.165, 1.54) is 7.11 Å². The van der Waals surface area contributed by atoms with E-state index >= 15 is 0 Å². The fourth-order valence-corrected chi connectivity index (χ4v) is 1.65. The minimum atomic E-state index is -0.517. The highest BCUT2D eigenvalue weighted by Crippen LogP contribution is 2.29. The van der Waals surface area contributed by atoms with Crippen molar-refractivity contribution in [2.24, 2.45) is 0 Å². The highest BCUT2D eigenvalue weighted by molar-refractivity contribution is 6.42. The fraction of sp³-hybridized carbons (Fsp3) is 0.0833. The summed E-state index contributed by atoms with van der Waals surface area (Å²) in [5.41, 5.74) is 0.745. The number of hydrogen-bond donors (Lipinski definition) is 0. The topological polar surface area (TPSA) is 39.4 Å². The predicted octanol–water partition coefficient (Wildman–Crippen LogP) is 4.04. The summed E-state index contributed by atoms with van der Waals surface area (Å²) in [4.78, 5) is 11.2. The predicted molar refractivity (Wildman–Crippen MR) is 65.5 cm³/mol. The first-order chi connectivity index (χ1) is 8.11. The summed E-state index contributed by atoms with van der Waals surface area (Å²) in [5, 5.41) is 0.898. The van der Waals surface area contributed by atoms with Gasteiger partial charge in [0.2, 0.25) is 5.76 Å². The summed E-state index contributed by atoms with van der Waals surface area (Å²) in [6.45, 7) is 0. The summed E-state index contributed by atoms with van der Waals surface area (Å²) >= 11 is 11.7. The molecule has 1 heterocycles. The van der Waals surface area contributed by atoms with Crippen molar-refractivity contribution < 1.29 is 13.9 Å². The third kappa shape index (κ3) is 2.46. The number of carbonyl (C=O) groups excluding carboxylic acids is 1. The van der Waals surface area contributed by atoms with Gasteiger partial charge >= 0.3 is 5.97 Å². The zero-order valence-corrected chi connectivity index (χ0v) is 10.4. The minimum Gasteiger partial charge on any atom is -0.463 e. The smallest absolute Gasteiger partial charge is 0.373 e. The van der Waals surface area contributed by atoms with Crippen LogP contribution >= 0.6 is 23.2 Å². The van der Waals surface area contributed by atoms with Crippen LogP contribution in [0.3, 0.4) is 0 Å². The third-order valence-electron chi connectivity index (χ3n) is 2.20. The molecule has 0 bridgehead atoms. The second kappa shape index (κ2) is 4.82. The molecule has 3 nitrogen and oxygen atoms in total. The molecule has 0 radical (unpaired) electrons. The highest BCUT2D eigenvalue weighted by Gasteiger charge is 2.12. The monoisotopic (exact) mass is 270 g/mol. The van der Waals surface area contributed by atoms with Crippen molar-refractivity contribution in [2.45, 2.75) is 0 Å². The number of furan rings is 1. The molecule has 0 aliphatic carbocycles. The first-order valence-electron chi connectivity index (χ1n) is 4.75. The van der Waals surface area contributed by atoms with Gasteiger partial charge < -0.3 is 9.15 Å². The van der Waals surface area contributed by atoms with Crippen molar-refractivity contribution in [3.05, 3.63) is 46.1 Å². The minimum absolute atomic E-state index is 0.147. The first kappa shape index (κ1) is 12.0. The Bertz CT molecular complexity index is 561. The number of hydrogen-bond acceptors (Lipinski definition) is 3. The molecule has 1 aromatic carbocycles. The fourth-order valence-electron chi connectivity index (χ4n) is 1.35. The van der Waals surface area contributed by atoms with E-state index in [1.807, 2.05) is 0 Å². The van der Waals surface area contributed by atoms with Gasteiger partial charge in [-0.05, 0) is 30.3 Å². The van der Waals surface area contributed by atoms with Crippen molar-refractivity contribution in [3.63, 3.8) is 0 Å². The molecular formula is C12H8Cl2O3. The van der Waals surface area contributed by atoms with Gasteiger partial charge in [-0.15, -0.1) is 0 Å². The van der Waals surface area contributed by atoms with Crippen LogP contribution in [0, 0.1) is 0 Å². The van der Waals surface area contributed by atoms with Crippen molar-refractivity contribution in [2.75, 3.05) is 7.11 Å². The lowest BCUT2D eigenvalue weighted by Crippen LogP contribution is -1.98. The summed E-state index contributed by atoms with van der Waals surface area (Å²) in [6, 6.07) is 8.31. The Hall–Kier alpha value is -1.45. The van der Waals surface area contributed by atoms with Crippen LogP contribution in [0.5, 0.6) is 0 Å². The van der Waals surface area contributed by atoms with Gasteiger partial charge in [0.05, 0.1) is 17.2 Å². The van der Waals surface area contributed by atoms with Crippen LogP contribution in [0.4, 0.5) is 0 Å². The van der Waals surface area contributed by atoms with Crippen LogP contribution in [0.1, 0.15) is 10.6 Å². The lowest BCUT2D eigenvalue weighted by molar-refractivity contribution is 0.0566. The molecule has 0 saturated heterocycles. The van der Waals surface area contributed by atoms with E-state index in [9.17, 15) is 4.79 Å². The zero-order valence-electron chi connectivity index (χ0n) is 8.87. The highest BCUT2D eigenvalue weighted by atomic mass is 35.5. The Labute approximate surface area is 108 Å². The Balaban J connectivity index is 2.37. The average molecular weight is 271 g/mol. The quantitative estimate of drug-likeness (QED) is 0.774. The normalized spacial score (nSPS) is 10.3. The third-order valence-corrected chi connectivity index (χ3v) is 2.94. The van der Waals surface area contributed by atoms with E-state index < -0.39 is 5.97 Å². The van der Waals surface area contributed by atoms with E-state index in [0.29, 0.717) is 15.8 Å². The molecule has 88 valence electrons. The molecule has 2 rings (SSSR count). The molecule has 0 unspecified atom stereocenters. The number of carbonyl (C=O) groups is 1. The second-order valence-corrected chi connectivity index (χ2v) is 4.10. The zero-order chi connectivity index (χ0) is 12.4. The largest absolute Gasteiger partial charge is 0.463 e. The number of methoxy groups -OCH3 is 1. The number of rotatable bonds is 2. The molecule has 0 saturated carbocycles. The number of halogens is 2. The van der Waals surface area contributed by atoms with E-state index in [-0.39, 0.29) is 5.76 Å².